The van der Waals surface area contributed by atoms with E-state index in [4.69, 9.17) is 4.74 Å². The van der Waals surface area contributed by atoms with Crippen molar-refractivity contribution in [3.8, 4) is 5.75 Å². The monoisotopic (exact) mass is 413 g/mol. The van der Waals surface area contributed by atoms with Crippen molar-refractivity contribution >= 4 is 27.9 Å². The molecule has 1 fully saturated rings. The van der Waals surface area contributed by atoms with E-state index in [9.17, 15) is 12.8 Å². The fraction of sp³-hybridized carbons (Fsp3) is 0.389. The summed E-state index contributed by atoms with van der Waals surface area (Å²) in [6.45, 7) is 2.09. The maximum Gasteiger partial charge on any atom is 0.223 e. The highest BCUT2D eigenvalue weighted by Crippen LogP contribution is 2.37. The van der Waals surface area contributed by atoms with Crippen molar-refractivity contribution in [1.82, 2.24) is 10.3 Å². The number of nitrogens with one attached hydrogen (secondary N) is 1. The summed E-state index contributed by atoms with van der Waals surface area (Å²) in [6, 6.07) is 9.30. The summed E-state index contributed by atoms with van der Waals surface area (Å²) >= 11 is 0. The van der Waals surface area contributed by atoms with Gasteiger partial charge in [-0.15, -0.1) is 12.4 Å². The van der Waals surface area contributed by atoms with Crippen LogP contribution in [-0.2, 0) is 9.84 Å². The third kappa shape index (κ3) is 3.74. The number of aromatic nitrogens is 1. The van der Waals surface area contributed by atoms with E-state index in [2.05, 4.69) is 10.3 Å². The molecule has 6 nitrogen and oxygen atoms in total. The van der Waals surface area contributed by atoms with E-state index in [1.54, 1.807) is 24.3 Å². The molecule has 1 aromatic heterocycles. The summed E-state index contributed by atoms with van der Waals surface area (Å²) < 4.78 is 45.6. The summed E-state index contributed by atoms with van der Waals surface area (Å²) in [5, 5.41) is 3.05. The zero-order valence-electron chi connectivity index (χ0n) is 14.5. The highest BCUT2D eigenvalue weighted by atomic mass is 35.5. The molecular weight excluding hydrogens is 393 g/mol. The molecule has 2 aliphatic rings. The Morgan fingerprint density at radius 2 is 2.11 bits per heavy atom. The fourth-order valence-electron chi connectivity index (χ4n) is 3.52. The number of alkyl halides is 1. The first-order chi connectivity index (χ1) is 12.6. The number of benzene rings is 1. The molecule has 4 rings (SSSR count). The van der Waals surface area contributed by atoms with Crippen LogP contribution in [-0.4, -0.2) is 51.9 Å². The standard InChI is InChI=1S/C18H20FN3O3S.ClH/c19-14-12-20-8-6-15(14)22-9-10-25-17-11-13(4-5-16(17)22)26(23,24)18-3-1-2-7-21-18;/h1-5,7,11,14-15,20H,6,8-10,12H2;1H. The van der Waals surface area contributed by atoms with Gasteiger partial charge in [0.15, 0.2) is 5.03 Å². The van der Waals surface area contributed by atoms with Gasteiger partial charge in [-0.2, -0.15) is 0 Å². The zero-order chi connectivity index (χ0) is 18.1. The predicted octanol–water partition coefficient (Wildman–Crippen LogP) is 2.24. The van der Waals surface area contributed by atoms with Gasteiger partial charge in [0, 0.05) is 18.8 Å². The van der Waals surface area contributed by atoms with Crippen LogP contribution in [0.5, 0.6) is 5.75 Å². The molecule has 0 radical (unpaired) electrons. The first kappa shape index (κ1) is 19.9. The quantitative estimate of drug-likeness (QED) is 0.832. The number of nitrogens with zero attached hydrogens (tertiary/aromatic N) is 2. The molecule has 27 heavy (non-hydrogen) atoms. The molecule has 2 atom stereocenters. The van der Waals surface area contributed by atoms with Gasteiger partial charge in [-0.25, -0.2) is 17.8 Å². The van der Waals surface area contributed by atoms with Gasteiger partial charge in [0.25, 0.3) is 0 Å². The summed E-state index contributed by atoms with van der Waals surface area (Å²) in [5.74, 6) is 0.471. The maximum absolute atomic E-state index is 14.4. The Morgan fingerprint density at radius 3 is 2.85 bits per heavy atom. The van der Waals surface area contributed by atoms with Crippen LogP contribution in [0.4, 0.5) is 10.1 Å². The van der Waals surface area contributed by atoms with Crippen LogP contribution >= 0.6 is 12.4 Å². The minimum absolute atomic E-state index is 0. The maximum atomic E-state index is 14.4. The molecule has 3 heterocycles. The zero-order valence-corrected chi connectivity index (χ0v) is 16.2. The van der Waals surface area contributed by atoms with Crippen molar-refractivity contribution in [1.29, 1.82) is 0 Å². The minimum Gasteiger partial charge on any atom is -0.490 e. The smallest absolute Gasteiger partial charge is 0.223 e. The number of rotatable bonds is 3. The van der Waals surface area contributed by atoms with Crippen LogP contribution in [0.15, 0.2) is 52.5 Å². The third-order valence-electron chi connectivity index (χ3n) is 4.83. The van der Waals surface area contributed by atoms with Gasteiger partial charge in [0.05, 0.1) is 23.2 Å². The highest BCUT2D eigenvalue weighted by molar-refractivity contribution is 7.91. The Labute approximate surface area is 164 Å². The second kappa shape index (κ2) is 8.00. The highest BCUT2D eigenvalue weighted by Gasteiger charge is 2.34. The van der Waals surface area contributed by atoms with Gasteiger partial charge < -0.3 is 15.0 Å². The molecule has 0 aliphatic carbocycles. The number of anilines is 1. The molecule has 0 bridgehead atoms. The number of hydrogen-bond acceptors (Lipinski definition) is 6. The summed E-state index contributed by atoms with van der Waals surface area (Å²) in [5.41, 5.74) is 0.741. The number of pyridine rings is 1. The van der Waals surface area contributed by atoms with Crippen molar-refractivity contribution in [2.45, 2.75) is 28.6 Å². The van der Waals surface area contributed by atoms with Crippen molar-refractivity contribution < 1.29 is 17.5 Å². The Morgan fingerprint density at radius 1 is 1.26 bits per heavy atom. The molecule has 146 valence electrons. The Kier molecular flexibility index (Phi) is 5.88. The minimum atomic E-state index is -3.72. The first-order valence-electron chi connectivity index (χ1n) is 8.62. The van der Waals surface area contributed by atoms with Crippen LogP contribution in [0.1, 0.15) is 6.42 Å². The second-order valence-corrected chi connectivity index (χ2v) is 8.32. The number of halogens is 2. The molecular formula is C18H21ClFN3O3S. The molecule has 1 saturated heterocycles. The summed E-state index contributed by atoms with van der Waals surface area (Å²) in [4.78, 5) is 6.07. The lowest BCUT2D eigenvalue weighted by molar-refractivity contribution is 0.208. The van der Waals surface area contributed by atoms with Crippen molar-refractivity contribution in [3.05, 3.63) is 42.6 Å². The molecule has 0 amide bonds. The Hall–Kier alpha value is -1.90. The summed E-state index contributed by atoms with van der Waals surface area (Å²) in [7, 11) is -3.72. The number of ether oxygens (including phenoxy) is 1. The largest absolute Gasteiger partial charge is 0.490 e. The van der Waals surface area contributed by atoms with E-state index in [0.29, 0.717) is 31.9 Å². The lowest BCUT2D eigenvalue weighted by Crippen LogP contribution is -2.53. The average molecular weight is 414 g/mol. The third-order valence-corrected chi connectivity index (χ3v) is 6.49. The Balaban J connectivity index is 0.00000210. The lowest BCUT2D eigenvalue weighted by Gasteiger charge is -2.41. The molecule has 0 spiro atoms. The topological polar surface area (TPSA) is 71.5 Å². The average Bonchev–Trinajstić information content (AvgIpc) is 2.68. The lowest BCUT2D eigenvalue weighted by atomic mass is 10.0. The molecule has 1 aromatic carbocycles. The van der Waals surface area contributed by atoms with Crippen LogP contribution in [0.3, 0.4) is 0 Å². The van der Waals surface area contributed by atoms with Crippen molar-refractivity contribution in [2.24, 2.45) is 0 Å². The second-order valence-electron chi connectivity index (χ2n) is 6.42. The number of hydrogen-bond donors (Lipinski definition) is 1. The molecule has 2 aromatic rings. The number of piperidine rings is 1. The van der Waals surface area contributed by atoms with Crippen molar-refractivity contribution in [2.75, 3.05) is 31.1 Å². The predicted molar refractivity (Wildman–Crippen MR) is 102 cm³/mol. The van der Waals surface area contributed by atoms with Gasteiger partial charge in [0.1, 0.15) is 18.5 Å². The van der Waals surface area contributed by atoms with E-state index in [-0.39, 0.29) is 28.4 Å². The normalized spacial score (nSPS) is 22.3. The summed E-state index contributed by atoms with van der Waals surface area (Å²) in [6.07, 6.45) is 1.18. The number of fused-ring (bicyclic) bond motifs is 1. The van der Waals surface area contributed by atoms with Gasteiger partial charge in [-0.05, 0) is 37.2 Å². The Bertz CT molecular complexity index is 898. The molecule has 0 saturated carbocycles. The number of sulfone groups is 1. The van der Waals surface area contributed by atoms with Gasteiger partial charge in [-0.3, -0.25) is 0 Å². The van der Waals surface area contributed by atoms with Gasteiger partial charge in [0.2, 0.25) is 9.84 Å². The van der Waals surface area contributed by atoms with E-state index >= 15 is 0 Å². The molecule has 2 aliphatic heterocycles. The van der Waals surface area contributed by atoms with Gasteiger partial charge in [-0.1, -0.05) is 6.07 Å². The van der Waals surface area contributed by atoms with Gasteiger partial charge >= 0.3 is 0 Å². The fourth-order valence-corrected chi connectivity index (χ4v) is 4.73. The molecule has 2 unspecified atom stereocenters. The van der Waals surface area contributed by atoms with E-state index in [1.165, 1.54) is 18.3 Å². The van der Waals surface area contributed by atoms with Crippen molar-refractivity contribution in [3.63, 3.8) is 0 Å². The SMILES string of the molecule is Cl.O=S(=O)(c1ccc2c(c1)OCCN2C1CCNCC1F)c1ccccn1. The van der Waals surface area contributed by atoms with Crippen LogP contribution in [0.2, 0.25) is 0 Å². The van der Waals surface area contributed by atoms with E-state index in [1.807, 2.05) is 4.90 Å². The van der Waals surface area contributed by atoms with E-state index in [0.717, 1.165) is 12.2 Å². The molecule has 1 N–H and O–H groups in total. The van der Waals surface area contributed by atoms with Crippen LogP contribution in [0.25, 0.3) is 0 Å². The van der Waals surface area contributed by atoms with E-state index < -0.39 is 16.0 Å². The van der Waals surface area contributed by atoms with Crippen LogP contribution < -0.4 is 15.0 Å². The van der Waals surface area contributed by atoms with Crippen LogP contribution in [0, 0.1) is 0 Å². The molecule has 9 heteroatoms. The first-order valence-corrected chi connectivity index (χ1v) is 10.1.